The fourth-order valence-corrected chi connectivity index (χ4v) is 6.19. The quantitative estimate of drug-likeness (QED) is 0.250. The first kappa shape index (κ1) is 28.7. The zero-order valence-corrected chi connectivity index (χ0v) is 24.2. The van der Waals surface area contributed by atoms with Gasteiger partial charge in [0.1, 0.15) is 5.75 Å². The molecule has 0 aliphatic carbocycles. The predicted molar refractivity (Wildman–Crippen MR) is 160 cm³/mol. The largest absolute Gasteiger partial charge is 0.493 e. The van der Waals surface area contributed by atoms with Crippen LogP contribution in [0.4, 0.5) is 0 Å². The average Bonchev–Trinajstić information content (AvgIpc) is 3.14. The van der Waals surface area contributed by atoms with Crippen LogP contribution < -0.4 is 4.74 Å². The highest BCUT2D eigenvalue weighted by molar-refractivity contribution is 6.01. The van der Waals surface area contributed by atoms with Gasteiger partial charge in [0.05, 0.1) is 17.7 Å². The van der Waals surface area contributed by atoms with Gasteiger partial charge in [-0.25, -0.2) is 9.59 Å². The Kier molecular flexibility index (Phi) is 8.56. The van der Waals surface area contributed by atoms with Gasteiger partial charge in [-0.05, 0) is 80.4 Å². The van der Waals surface area contributed by atoms with E-state index < -0.39 is 17.8 Å². The lowest BCUT2D eigenvalue weighted by Crippen LogP contribution is -2.52. The van der Waals surface area contributed by atoms with Crippen molar-refractivity contribution >= 4 is 17.8 Å². The summed E-state index contributed by atoms with van der Waals surface area (Å²) >= 11 is 0. The molecule has 0 radical (unpaired) electrons. The fraction of sp³-hybridized carbons (Fsp3) is 0.343. The first-order valence-corrected chi connectivity index (χ1v) is 15.0. The molecule has 6 rings (SSSR count). The van der Waals surface area contributed by atoms with Gasteiger partial charge in [0.25, 0.3) is 5.91 Å². The standard InChI is InChI=1S/C35H36N2O6/c38-32-17-18-33(39)43-35(42-32)30-13-6-5-12-29(30)34(40)37(35)25-27-19-22-36(23-20-27)21-8-24-41-31-14-7-4-11-28(31)16-15-26-9-2-1-3-10-26/h1-7,9-14,17-18,27H,8,15-16,19-25H2. The van der Waals surface area contributed by atoms with Gasteiger partial charge in [-0.2, -0.15) is 0 Å². The third-order valence-electron chi connectivity index (χ3n) is 8.45. The monoisotopic (exact) mass is 580 g/mol. The van der Waals surface area contributed by atoms with Crippen molar-refractivity contribution in [2.24, 2.45) is 5.92 Å². The number of hydrogen-bond acceptors (Lipinski definition) is 7. The number of ether oxygens (including phenoxy) is 3. The van der Waals surface area contributed by atoms with Gasteiger partial charge in [0, 0.05) is 25.2 Å². The van der Waals surface area contributed by atoms with Gasteiger partial charge in [0.2, 0.25) is 0 Å². The highest BCUT2D eigenvalue weighted by Gasteiger charge is 2.57. The van der Waals surface area contributed by atoms with Crippen molar-refractivity contribution in [2.45, 2.75) is 38.0 Å². The van der Waals surface area contributed by atoms with E-state index in [4.69, 9.17) is 14.2 Å². The molecule has 0 aromatic heterocycles. The summed E-state index contributed by atoms with van der Waals surface area (Å²) in [5, 5.41) is 0. The van der Waals surface area contributed by atoms with Crippen molar-refractivity contribution in [3.63, 3.8) is 0 Å². The van der Waals surface area contributed by atoms with Crippen molar-refractivity contribution in [3.05, 3.63) is 113 Å². The molecule has 1 fully saturated rings. The molecule has 1 amide bonds. The number of benzene rings is 3. The third-order valence-corrected chi connectivity index (χ3v) is 8.45. The Hall–Kier alpha value is -4.43. The summed E-state index contributed by atoms with van der Waals surface area (Å²) in [6, 6.07) is 25.6. The highest BCUT2D eigenvalue weighted by atomic mass is 16.8. The summed E-state index contributed by atoms with van der Waals surface area (Å²) in [6.45, 7) is 3.68. The van der Waals surface area contributed by atoms with E-state index in [-0.39, 0.29) is 11.8 Å². The number of fused-ring (bicyclic) bond motifs is 2. The van der Waals surface area contributed by atoms with Gasteiger partial charge < -0.3 is 19.1 Å². The lowest BCUT2D eigenvalue weighted by molar-refractivity contribution is -0.275. The lowest BCUT2D eigenvalue weighted by Gasteiger charge is -2.39. The molecular formula is C35H36N2O6. The summed E-state index contributed by atoms with van der Waals surface area (Å²) in [6.07, 6.45) is 6.65. The zero-order valence-electron chi connectivity index (χ0n) is 24.2. The number of para-hydroxylation sites is 1. The molecule has 3 aliphatic heterocycles. The Balaban J connectivity index is 0.999. The second-order valence-electron chi connectivity index (χ2n) is 11.3. The highest BCUT2D eigenvalue weighted by Crippen LogP contribution is 2.43. The summed E-state index contributed by atoms with van der Waals surface area (Å²) < 4.78 is 17.5. The Morgan fingerprint density at radius 1 is 0.791 bits per heavy atom. The SMILES string of the molecule is O=C1C=CC(=O)OC2(O1)c1ccccc1C(=O)N2CC1CCN(CCCOc2ccccc2CCc2ccccc2)CC1. The molecule has 3 aliphatic rings. The number of carbonyl (C=O) groups excluding carboxylic acids is 3. The number of likely N-dealkylation sites (tertiary alicyclic amines) is 1. The van der Waals surface area contributed by atoms with Crippen LogP contribution in [0.2, 0.25) is 0 Å². The molecule has 1 saturated heterocycles. The molecule has 43 heavy (non-hydrogen) atoms. The molecule has 3 aromatic carbocycles. The number of aryl methyl sites for hydroxylation is 2. The molecule has 3 aromatic rings. The number of esters is 2. The first-order valence-electron chi connectivity index (χ1n) is 15.0. The smallest absolute Gasteiger partial charge is 0.375 e. The summed E-state index contributed by atoms with van der Waals surface area (Å²) in [5.41, 5.74) is 3.31. The van der Waals surface area contributed by atoms with E-state index >= 15 is 0 Å². The van der Waals surface area contributed by atoms with Crippen LogP contribution in [0.25, 0.3) is 0 Å². The normalized spacial score (nSPS) is 18.3. The maximum absolute atomic E-state index is 13.5. The molecule has 0 bridgehead atoms. The van der Waals surface area contributed by atoms with Crippen molar-refractivity contribution in [2.75, 3.05) is 32.8 Å². The molecule has 0 unspecified atom stereocenters. The second kappa shape index (κ2) is 12.8. The second-order valence-corrected chi connectivity index (χ2v) is 11.3. The fourth-order valence-electron chi connectivity index (χ4n) is 6.19. The van der Waals surface area contributed by atoms with E-state index in [0.717, 1.165) is 69.6 Å². The molecular weight excluding hydrogens is 544 g/mol. The lowest BCUT2D eigenvalue weighted by atomic mass is 9.96. The van der Waals surface area contributed by atoms with Gasteiger partial charge in [-0.3, -0.25) is 9.69 Å². The van der Waals surface area contributed by atoms with Gasteiger partial charge >= 0.3 is 17.8 Å². The number of rotatable bonds is 10. The minimum Gasteiger partial charge on any atom is -0.493 e. The Labute approximate surface area is 251 Å². The van der Waals surface area contributed by atoms with Crippen LogP contribution in [0, 0.1) is 5.92 Å². The van der Waals surface area contributed by atoms with Crippen LogP contribution in [0.5, 0.6) is 5.75 Å². The third kappa shape index (κ3) is 6.34. The Morgan fingerprint density at radius 2 is 1.47 bits per heavy atom. The minimum absolute atomic E-state index is 0.174. The summed E-state index contributed by atoms with van der Waals surface area (Å²) in [5.74, 6) is -2.50. The van der Waals surface area contributed by atoms with E-state index in [9.17, 15) is 14.4 Å². The van der Waals surface area contributed by atoms with Gasteiger partial charge in [-0.15, -0.1) is 0 Å². The van der Waals surface area contributed by atoms with Crippen molar-refractivity contribution in [1.82, 2.24) is 9.80 Å². The van der Waals surface area contributed by atoms with Gasteiger partial charge in [-0.1, -0.05) is 60.7 Å². The number of carbonyl (C=O) groups is 3. The number of amides is 1. The van der Waals surface area contributed by atoms with E-state index in [0.29, 0.717) is 24.3 Å². The van der Waals surface area contributed by atoms with Crippen molar-refractivity contribution < 1.29 is 28.6 Å². The average molecular weight is 581 g/mol. The maximum Gasteiger partial charge on any atom is 0.375 e. The summed E-state index contributed by atoms with van der Waals surface area (Å²) in [4.78, 5) is 42.1. The van der Waals surface area contributed by atoms with Crippen LogP contribution in [0.15, 0.2) is 91.0 Å². The van der Waals surface area contributed by atoms with Crippen LogP contribution in [-0.4, -0.2) is 60.4 Å². The topological polar surface area (TPSA) is 85.4 Å². The van der Waals surface area contributed by atoms with E-state index in [1.165, 1.54) is 16.0 Å². The predicted octanol–water partition coefficient (Wildman–Crippen LogP) is 4.88. The van der Waals surface area contributed by atoms with E-state index in [1.807, 2.05) is 12.1 Å². The van der Waals surface area contributed by atoms with Crippen LogP contribution in [0.1, 0.15) is 46.3 Å². The maximum atomic E-state index is 13.5. The zero-order chi connectivity index (χ0) is 29.6. The van der Waals surface area contributed by atoms with Crippen molar-refractivity contribution in [1.29, 1.82) is 0 Å². The number of hydrogen-bond donors (Lipinski definition) is 0. The van der Waals surface area contributed by atoms with Crippen LogP contribution >= 0.6 is 0 Å². The molecule has 1 spiro atoms. The molecule has 8 nitrogen and oxygen atoms in total. The molecule has 222 valence electrons. The Morgan fingerprint density at radius 3 is 2.23 bits per heavy atom. The number of nitrogens with zero attached hydrogens (tertiary/aromatic N) is 2. The molecule has 0 atom stereocenters. The molecule has 3 heterocycles. The minimum atomic E-state index is -1.88. The molecule has 8 heteroatoms. The van der Waals surface area contributed by atoms with E-state index in [2.05, 4.69) is 47.4 Å². The van der Waals surface area contributed by atoms with Crippen LogP contribution in [-0.2, 0) is 37.8 Å². The molecule has 0 saturated carbocycles. The van der Waals surface area contributed by atoms with Crippen LogP contribution in [0.3, 0.4) is 0 Å². The van der Waals surface area contributed by atoms with Crippen molar-refractivity contribution in [3.8, 4) is 5.75 Å². The summed E-state index contributed by atoms with van der Waals surface area (Å²) in [7, 11) is 0. The van der Waals surface area contributed by atoms with E-state index in [1.54, 1.807) is 24.3 Å². The Bertz CT molecular complexity index is 1470. The first-order chi connectivity index (χ1) is 21.0. The molecule has 0 N–H and O–H groups in total. The van der Waals surface area contributed by atoms with Gasteiger partial charge in [0.15, 0.2) is 0 Å². The number of piperidine rings is 1.